The second kappa shape index (κ2) is 6.79. The molecule has 7 heteroatoms. The molecule has 0 fully saturated rings. The lowest BCUT2D eigenvalue weighted by molar-refractivity contribution is 0.411. The van der Waals surface area contributed by atoms with Crippen LogP contribution in [0, 0.1) is 0 Å². The Morgan fingerprint density at radius 2 is 1.86 bits per heavy atom. The van der Waals surface area contributed by atoms with Crippen molar-refractivity contribution in [1.82, 2.24) is 4.72 Å². The van der Waals surface area contributed by atoms with Gasteiger partial charge in [0.05, 0.1) is 16.5 Å². The molecule has 21 heavy (non-hydrogen) atoms. The molecule has 0 aliphatic heterocycles. The fraction of sp³-hybridized carbons (Fsp3) is 0.143. The molecule has 2 aromatic carbocycles. The Hall–Kier alpha value is -1.08. The second-order valence-electron chi connectivity index (χ2n) is 4.25. The highest BCUT2D eigenvalue weighted by atomic mass is 79.9. The molecule has 0 bridgehead atoms. The fourth-order valence-electron chi connectivity index (χ4n) is 1.68. The zero-order chi connectivity index (χ0) is 15.5. The zero-order valence-electron chi connectivity index (χ0n) is 11.1. The van der Waals surface area contributed by atoms with Crippen molar-refractivity contribution in [3.8, 4) is 5.75 Å². The summed E-state index contributed by atoms with van der Waals surface area (Å²) in [5.41, 5.74) is 0.829. The van der Waals surface area contributed by atoms with E-state index in [0.29, 0.717) is 15.2 Å². The summed E-state index contributed by atoms with van der Waals surface area (Å²) < 4.78 is 32.7. The van der Waals surface area contributed by atoms with Gasteiger partial charge in [0.1, 0.15) is 5.75 Å². The molecule has 1 N–H and O–H groups in total. The predicted molar refractivity (Wildman–Crippen MR) is 86.2 cm³/mol. The normalized spacial score (nSPS) is 11.4. The molecule has 0 heterocycles. The van der Waals surface area contributed by atoms with Gasteiger partial charge in [0.25, 0.3) is 0 Å². The molecule has 0 unspecified atom stereocenters. The average molecular weight is 391 g/mol. The molecule has 2 aromatic rings. The molecule has 0 amide bonds. The lowest BCUT2D eigenvalue weighted by atomic mass is 10.2. The van der Waals surface area contributed by atoms with Crippen LogP contribution in [0.5, 0.6) is 5.75 Å². The minimum atomic E-state index is -3.58. The average Bonchev–Trinajstić information content (AvgIpc) is 2.46. The first-order chi connectivity index (χ1) is 9.92. The SMILES string of the molecule is COc1ccc(S(=O)(=O)NCc2ccc(Cl)cc2)cc1Br. The van der Waals surface area contributed by atoms with E-state index in [0.717, 1.165) is 5.56 Å². The van der Waals surface area contributed by atoms with Gasteiger partial charge < -0.3 is 4.74 Å². The van der Waals surface area contributed by atoms with Crippen molar-refractivity contribution in [2.75, 3.05) is 7.11 Å². The van der Waals surface area contributed by atoms with Crippen LogP contribution in [-0.2, 0) is 16.6 Å². The van der Waals surface area contributed by atoms with Gasteiger partial charge in [-0.1, -0.05) is 23.7 Å². The summed E-state index contributed by atoms with van der Waals surface area (Å²) in [6.45, 7) is 0.198. The van der Waals surface area contributed by atoms with Crippen LogP contribution in [0.2, 0.25) is 5.02 Å². The van der Waals surface area contributed by atoms with E-state index in [-0.39, 0.29) is 11.4 Å². The number of halogens is 2. The van der Waals surface area contributed by atoms with Gasteiger partial charge in [0.2, 0.25) is 10.0 Å². The predicted octanol–water partition coefficient (Wildman–Crippen LogP) is 3.59. The maximum atomic E-state index is 12.2. The molecule has 0 aliphatic rings. The van der Waals surface area contributed by atoms with Crippen molar-refractivity contribution in [3.63, 3.8) is 0 Å². The van der Waals surface area contributed by atoms with Crippen LogP contribution in [0.3, 0.4) is 0 Å². The maximum absolute atomic E-state index is 12.2. The largest absolute Gasteiger partial charge is 0.496 e. The molecule has 0 spiro atoms. The van der Waals surface area contributed by atoms with E-state index in [1.54, 1.807) is 30.3 Å². The summed E-state index contributed by atoms with van der Waals surface area (Å²) in [5.74, 6) is 0.576. The molecule has 4 nitrogen and oxygen atoms in total. The van der Waals surface area contributed by atoms with Crippen LogP contribution in [0.1, 0.15) is 5.56 Å². The van der Waals surface area contributed by atoms with Gasteiger partial charge >= 0.3 is 0 Å². The monoisotopic (exact) mass is 389 g/mol. The van der Waals surface area contributed by atoms with Crippen LogP contribution in [0.4, 0.5) is 0 Å². The molecule has 0 aromatic heterocycles. The van der Waals surface area contributed by atoms with Gasteiger partial charge in [-0.3, -0.25) is 0 Å². The first-order valence-electron chi connectivity index (χ1n) is 6.00. The number of hydrogen-bond acceptors (Lipinski definition) is 3. The van der Waals surface area contributed by atoms with Crippen molar-refractivity contribution >= 4 is 37.6 Å². The lowest BCUT2D eigenvalue weighted by Gasteiger charge is -2.09. The van der Waals surface area contributed by atoms with Crippen molar-refractivity contribution in [3.05, 3.63) is 57.5 Å². The third-order valence-corrected chi connectivity index (χ3v) is 5.08. The van der Waals surface area contributed by atoms with E-state index in [4.69, 9.17) is 16.3 Å². The Bertz CT molecular complexity index is 732. The Balaban J connectivity index is 2.14. The summed E-state index contributed by atoms with van der Waals surface area (Å²) in [5, 5.41) is 0.612. The van der Waals surface area contributed by atoms with E-state index in [2.05, 4.69) is 20.7 Å². The molecule has 112 valence electrons. The van der Waals surface area contributed by atoms with Crippen molar-refractivity contribution < 1.29 is 13.2 Å². The Labute approximate surface area is 137 Å². The Kier molecular flexibility index (Phi) is 5.27. The summed E-state index contributed by atoms with van der Waals surface area (Å²) in [7, 11) is -2.06. The lowest BCUT2D eigenvalue weighted by Crippen LogP contribution is -2.23. The van der Waals surface area contributed by atoms with Gasteiger partial charge in [-0.2, -0.15) is 0 Å². The minimum absolute atomic E-state index is 0.170. The highest BCUT2D eigenvalue weighted by Crippen LogP contribution is 2.27. The van der Waals surface area contributed by atoms with Crippen molar-refractivity contribution in [2.45, 2.75) is 11.4 Å². The van der Waals surface area contributed by atoms with E-state index < -0.39 is 10.0 Å². The Morgan fingerprint density at radius 3 is 2.43 bits per heavy atom. The molecule has 0 aliphatic carbocycles. The molecule has 0 saturated carbocycles. The first-order valence-corrected chi connectivity index (χ1v) is 8.65. The third kappa shape index (κ3) is 4.20. The number of methoxy groups -OCH3 is 1. The number of nitrogens with one attached hydrogen (secondary N) is 1. The number of hydrogen-bond donors (Lipinski definition) is 1. The summed E-state index contributed by atoms with van der Waals surface area (Å²) in [6.07, 6.45) is 0. The van der Waals surface area contributed by atoms with Crippen LogP contribution in [-0.4, -0.2) is 15.5 Å². The summed E-state index contributed by atoms with van der Waals surface area (Å²) in [6, 6.07) is 11.6. The zero-order valence-corrected chi connectivity index (χ0v) is 14.3. The van der Waals surface area contributed by atoms with Gasteiger partial charge in [0, 0.05) is 11.6 Å². The van der Waals surface area contributed by atoms with Crippen LogP contribution in [0.15, 0.2) is 51.8 Å². The molecule has 2 rings (SSSR count). The van der Waals surface area contributed by atoms with Gasteiger partial charge in [0.15, 0.2) is 0 Å². The van der Waals surface area contributed by atoms with E-state index in [1.807, 2.05) is 0 Å². The second-order valence-corrected chi connectivity index (χ2v) is 7.31. The molecular formula is C14H13BrClNO3S. The van der Waals surface area contributed by atoms with E-state index >= 15 is 0 Å². The van der Waals surface area contributed by atoms with E-state index in [1.165, 1.54) is 19.2 Å². The fourth-order valence-corrected chi connectivity index (χ4v) is 3.54. The summed E-state index contributed by atoms with van der Waals surface area (Å²) in [4.78, 5) is 0.170. The number of ether oxygens (including phenoxy) is 1. The maximum Gasteiger partial charge on any atom is 0.240 e. The van der Waals surface area contributed by atoms with Crippen molar-refractivity contribution in [2.24, 2.45) is 0 Å². The molecule has 0 radical (unpaired) electrons. The highest BCUT2D eigenvalue weighted by Gasteiger charge is 2.15. The van der Waals surface area contributed by atoms with Crippen LogP contribution < -0.4 is 9.46 Å². The molecule has 0 atom stereocenters. The first kappa shape index (κ1) is 16.3. The minimum Gasteiger partial charge on any atom is -0.496 e. The number of benzene rings is 2. The standard InChI is InChI=1S/C14H13BrClNO3S/c1-20-14-7-6-12(8-13(14)15)21(18,19)17-9-10-2-4-11(16)5-3-10/h2-8,17H,9H2,1H3. The van der Waals surface area contributed by atoms with Gasteiger partial charge in [-0.05, 0) is 51.8 Å². The third-order valence-electron chi connectivity index (χ3n) is 2.81. The van der Waals surface area contributed by atoms with E-state index in [9.17, 15) is 8.42 Å². The molecule has 0 saturated heterocycles. The highest BCUT2D eigenvalue weighted by molar-refractivity contribution is 9.10. The van der Waals surface area contributed by atoms with Crippen molar-refractivity contribution in [1.29, 1.82) is 0 Å². The quantitative estimate of drug-likeness (QED) is 0.849. The van der Waals surface area contributed by atoms with Gasteiger partial charge in [-0.15, -0.1) is 0 Å². The topological polar surface area (TPSA) is 55.4 Å². The van der Waals surface area contributed by atoms with Crippen LogP contribution >= 0.6 is 27.5 Å². The Morgan fingerprint density at radius 1 is 1.19 bits per heavy atom. The van der Waals surface area contributed by atoms with Crippen LogP contribution in [0.25, 0.3) is 0 Å². The summed E-state index contributed by atoms with van der Waals surface area (Å²) >= 11 is 9.06. The number of sulfonamides is 1. The molecular weight excluding hydrogens is 378 g/mol. The smallest absolute Gasteiger partial charge is 0.240 e. The number of rotatable bonds is 5. The van der Waals surface area contributed by atoms with Gasteiger partial charge in [-0.25, -0.2) is 13.1 Å².